The topological polar surface area (TPSA) is 124 Å². The summed E-state index contributed by atoms with van der Waals surface area (Å²) in [5.74, 6) is -1.48. The van der Waals surface area contributed by atoms with Crippen LogP contribution < -0.4 is 10.2 Å². The molecule has 1 aromatic carbocycles. The summed E-state index contributed by atoms with van der Waals surface area (Å²) in [7, 11) is 1.52. The van der Waals surface area contributed by atoms with Crippen molar-refractivity contribution in [2.24, 2.45) is 0 Å². The zero-order valence-electron chi connectivity index (χ0n) is 30.0. The van der Waals surface area contributed by atoms with Gasteiger partial charge in [-0.15, -0.1) is 0 Å². The van der Waals surface area contributed by atoms with Crippen molar-refractivity contribution in [3.8, 4) is 0 Å². The molecule has 0 spiro atoms. The maximum Gasteiger partial charge on any atom is 0.328 e. The van der Waals surface area contributed by atoms with Crippen LogP contribution in [0.5, 0.6) is 0 Å². The summed E-state index contributed by atoms with van der Waals surface area (Å²) in [6, 6.07) is 12.7. The Hall–Kier alpha value is -3.08. The van der Waals surface area contributed by atoms with Gasteiger partial charge in [-0.3, -0.25) is 14.5 Å². The van der Waals surface area contributed by atoms with Gasteiger partial charge in [-0.05, 0) is 43.4 Å². The number of hydrogen-bond donors (Lipinski definition) is 1. The van der Waals surface area contributed by atoms with E-state index in [1.165, 1.54) is 56.9 Å². The number of pyridine rings is 1. The van der Waals surface area contributed by atoms with Crippen molar-refractivity contribution in [1.82, 2.24) is 10.3 Å². The Bertz CT molecular complexity index is 1280. The molecule has 1 unspecified atom stereocenters. The number of hydrogen-bond acceptors (Lipinski definition) is 8. The van der Waals surface area contributed by atoms with Gasteiger partial charge < -0.3 is 19.5 Å². The van der Waals surface area contributed by atoms with Crippen LogP contribution in [0.1, 0.15) is 115 Å². The quantitative estimate of drug-likeness (QED) is 0.0459. The van der Waals surface area contributed by atoms with Crippen molar-refractivity contribution in [3.63, 3.8) is 0 Å². The predicted octanol–water partition coefficient (Wildman–Crippen LogP) is 9.43. The number of amides is 2. The van der Waals surface area contributed by atoms with Gasteiger partial charge in [-0.2, -0.15) is 0 Å². The Balaban J connectivity index is 2.02. The van der Waals surface area contributed by atoms with Crippen LogP contribution in [0.3, 0.4) is 0 Å². The van der Waals surface area contributed by atoms with Crippen LogP contribution in [0.25, 0.3) is 0 Å². The van der Waals surface area contributed by atoms with E-state index in [1.54, 1.807) is 24.4 Å². The highest BCUT2D eigenvalue weighted by Crippen LogP contribution is 2.26. The van der Waals surface area contributed by atoms with E-state index < -0.39 is 46.5 Å². The molecule has 1 heterocycles. The number of nitrogens with one attached hydrogen (secondary N) is 1. The van der Waals surface area contributed by atoms with Crippen molar-refractivity contribution in [2.75, 3.05) is 18.6 Å². The van der Waals surface area contributed by atoms with Gasteiger partial charge in [0.2, 0.25) is 3.79 Å². The third kappa shape index (κ3) is 21.1. The van der Waals surface area contributed by atoms with Gasteiger partial charge in [0.05, 0.1) is 6.42 Å². The van der Waals surface area contributed by atoms with Gasteiger partial charge >= 0.3 is 23.9 Å². The Labute approximate surface area is 318 Å². The number of rotatable bonds is 25. The Morgan fingerprint density at radius 2 is 1.41 bits per heavy atom. The van der Waals surface area contributed by atoms with Crippen LogP contribution in [-0.4, -0.2) is 58.5 Å². The number of nitrogens with zero attached hydrogens (tertiary/aromatic N) is 2. The van der Waals surface area contributed by atoms with E-state index in [9.17, 15) is 19.2 Å². The molecule has 0 saturated heterocycles. The molecule has 0 bridgehead atoms. The molecule has 2 rings (SSSR count). The number of carbonyl (C=O) groups excluding carboxylic acids is 4. The average Bonchev–Trinajstić information content (AvgIpc) is 3.11. The van der Waals surface area contributed by atoms with Crippen LogP contribution in [0.15, 0.2) is 54.7 Å². The number of unbranched alkanes of at least 4 members (excludes halogenated alkanes) is 10. The van der Waals surface area contributed by atoms with Crippen molar-refractivity contribution in [2.45, 2.75) is 132 Å². The first-order valence-corrected chi connectivity index (χ1v) is 19.2. The number of esters is 3. The second kappa shape index (κ2) is 25.8. The third-order valence-electron chi connectivity index (χ3n) is 8.20. The fourth-order valence-corrected chi connectivity index (χ4v) is 5.47. The maximum atomic E-state index is 13.6. The first kappa shape index (κ1) is 44.1. The summed E-state index contributed by atoms with van der Waals surface area (Å²) in [4.78, 5) is 57.4. The minimum Gasteiger partial charge on any atom is -0.461 e. The number of aromatic nitrogens is 1. The lowest BCUT2D eigenvalue weighted by molar-refractivity contribution is -0.157. The molecular weight excluding hydrogens is 717 g/mol. The molecule has 2 atom stereocenters. The van der Waals surface area contributed by atoms with E-state index in [-0.39, 0.29) is 32.3 Å². The van der Waals surface area contributed by atoms with Crippen molar-refractivity contribution < 1.29 is 33.4 Å². The van der Waals surface area contributed by atoms with Gasteiger partial charge in [0, 0.05) is 19.7 Å². The highest BCUT2D eigenvalue weighted by molar-refractivity contribution is 6.67. The van der Waals surface area contributed by atoms with E-state index in [4.69, 9.17) is 49.0 Å². The lowest BCUT2D eigenvalue weighted by Crippen LogP contribution is -2.48. The normalized spacial score (nSPS) is 12.4. The van der Waals surface area contributed by atoms with E-state index >= 15 is 0 Å². The van der Waals surface area contributed by atoms with Crippen LogP contribution >= 0.6 is 34.8 Å². The lowest BCUT2D eigenvalue weighted by Gasteiger charge is -2.25. The van der Waals surface area contributed by atoms with Crippen molar-refractivity contribution >= 4 is 64.6 Å². The predicted molar refractivity (Wildman–Crippen MR) is 202 cm³/mol. The highest BCUT2D eigenvalue weighted by Gasteiger charge is 2.29. The fraction of sp³-hybridized carbons (Fsp3) is 0.605. The van der Waals surface area contributed by atoms with Crippen LogP contribution in [0.4, 0.5) is 10.6 Å². The molecule has 2 amide bonds. The van der Waals surface area contributed by atoms with Gasteiger partial charge in [-0.25, -0.2) is 14.6 Å². The van der Waals surface area contributed by atoms with Crippen molar-refractivity contribution in [3.05, 3.63) is 60.3 Å². The molecule has 2 aromatic rings. The van der Waals surface area contributed by atoms with Crippen LogP contribution in [0, 0.1) is 0 Å². The number of alkyl halides is 3. The molecule has 0 radical (unpaired) electrons. The second-order valence-corrected chi connectivity index (χ2v) is 15.2. The molecule has 0 aliphatic rings. The Morgan fingerprint density at radius 3 is 2.02 bits per heavy atom. The van der Waals surface area contributed by atoms with Gasteiger partial charge in [0.15, 0.2) is 0 Å². The Morgan fingerprint density at radius 1 is 0.784 bits per heavy atom. The molecule has 10 nitrogen and oxygen atoms in total. The smallest absolute Gasteiger partial charge is 0.328 e. The largest absolute Gasteiger partial charge is 0.461 e. The summed E-state index contributed by atoms with van der Waals surface area (Å²) in [5, 5.41) is 2.71. The van der Waals surface area contributed by atoms with E-state index in [0.29, 0.717) is 12.2 Å². The monoisotopic (exact) mass is 769 g/mol. The molecule has 13 heteroatoms. The standard InChI is InChI=1S/C38H54Cl3N3O7/c1-3-4-5-6-7-8-9-10-11-12-16-22-31(27-35(46)50-29-38(39,40)41)51-36(47)32(43-37(48)44(2)33-24-17-18-26-42-33)23-19-25-34(45)49-28-30-20-14-13-15-21-30/h13-15,17-18,20-21,24,26,31-32H,3-12,16,19,22-23,25,27-29H2,1-2H3,(H,43,48)/t31?,32-/m0/s1. The van der Waals surface area contributed by atoms with Crippen LogP contribution in [0.2, 0.25) is 0 Å². The molecule has 284 valence electrons. The molecular formula is C38H54Cl3N3O7. The maximum absolute atomic E-state index is 13.6. The van der Waals surface area contributed by atoms with E-state index in [0.717, 1.165) is 31.2 Å². The number of urea groups is 1. The highest BCUT2D eigenvalue weighted by atomic mass is 35.6. The van der Waals surface area contributed by atoms with E-state index in [2.05, 4.69) is 17.2 Å². The molecule has 0 aliphatic carbocycles. The molecule has 51 heavy (non-hydrogen) atoms. The first-order chi connectivity index (χ1) is 24.5. The molecule has 1 aromatic heterocycles. The molecule has 0 saturated carbocycles. The number of halogens is 3. The SMILES string of the molecule is CCCCCCCCCCCCCC(CC(=O)OCC(Cl)(Cl)Cl)OC(=O)[C@H](CCCC(=O)OCc1ccccc1)NC(=O)N(C)c1ccccn1. The first-order valence-electron chi connectivity index (χ1n) is 18.1. The molecule has 0 aliphatic heterocycles. The summed E-state index contributed by atoms with van der Waals surface area (Å²) in [6.07, 6.45) is 13.8. The Kier molecular flexibility index (Phi) is 22.3. The fourth-order valence-electron chi connectivity index (χ4n) is 5.30. The van der Waals surface area contributed by atoms with Gasteiger partial charge in [-0.1, -0.05) is 142 Å². The average molecular weight is 771 g/mol. The summed E-state index contributed by atoms with van der Waals surface area (Å²) >= 11 is 17.3. The molecule has 0 fully saturated rings. The summed E-state index contributed by atoms with van der Waals surface area (Å²) in [6.45, 7) is 1.90. The van der Waals surface area contributed by atoms with Gasteiger partial charge in [0.1, 0.15) is 31.2 Å². The van der Waals surface area contributed by atoms with Crippen LogP contribution in [-0.2, 0) is 35.2 Å². The summed E-state index contributed by atoms with van der Waals surface area (Å²) < 4.78 is 14.6. The number of ether oxygens (including phenoxy) is 3. The summed E-state index contributed by atoms with van der Waals surface area (Å²) in [5.41, 5.74) is 0.855. The third-order valence-corrected chi connectivity index (χ3v) is 8.53. The zero-order chi connectivity index (χ0) is 37.3. The lowest BCUT2D eigenvalue weighted by atomic mass is 10.0. The zero-order valence-corrected chi connectivity index (χ0v) is 32.2. The van der Waals surface area contributed by atoms with E-state index in [1.807, 2.05) is 30.3 Å². The molecule has 1 N–H and O–H groups in total. The number of carbonyl (C=O) groups is 4. The number of anilines is 1. The van der Waals surface area contributed by atoms with Crippen molar-refractivity contribution in [1.29, 1.82) is 0 Å². The minimum atomic E-state index is -1.78. The number of benzene rings is 1. The minimum absolute atomic E-state index is 0.0219. The second-order valence-electron chi connectivity index (χ2n) is 12.7. The van der Waals surface area contributed by atoms with Gasteiger partial charge in [0.25, 0.3) is 0 Å².